The molecule has 0 aromatic heterocycles. The lowest BCUT2D eigenvalue weighted by atomic mass is 10.00. The number of nitrogens with zero attached hydrogens (tertiary/aromatic N) is 2. The number of benzene rings is 1. The third-order valence-electron chi connectivity index (χ3n) is 3.71. The fourth-order valence-electron chi connectivity index (χ4n) is 2.53. The van der Waals surface area contributed by atoms with Gasteiger partial charge in [-0.05, 0) is 25.5 Å². The first-order chi connectivity index (χ1) is 9.02. The second kappa shape index (κ2) is 8.38. The number of rotatable bonds is 3. The van der Waals surface area contributed by atoms with Crippen LogP contribution in [0.2, 0.25) is 0 Å². The first-order valence-electron chi connectivity index (χ1n) is 6.44. The largest absolute Gasteiger partial charge is 0.507 e. The molecule has 2 N–H and O–H groups in total. The van der Waals surface area contributed by atoms with Gasteiger partial charge in [0.15, 0.2) is 0 Å². The first kappa shape index (κ1) is 19.9. The molecule has 6 nitrogen and oxygen atoms in total. The van der Waals surface area contributed by atoms with E-state index < -0.39 is 4.92 Å². The van der Waals surface area contributed by atoms with Gasteiger partial charge in [0.2, 0.25) is 0 Å². The molecule has 0 amide bonds. The maximum Gasteiger partial charge on any atom is 0.277 e. The minimum absolute atomic E-state index is 0. The van der Waals surface area contributed by atoms with Crippen molar-refractivity contribution in [1.29, 1.82) is 0 Å². The van der Waals surface area contributed by atoms with Crippen molar-refractivity contribution >= 4 is 30.5 Å². The van der Waals surface area contributed by atoms with Gasteiger partial charge in [0, 0.05) is 38.3 Å². The standard InChI is InChI=1S/C13H19N3O3.2ClH/c1-9-3-4-11(16(18)19)12(13(9)17)10(2)15-7-5-14-6-8-15;;/h3-4,10,14,17H,5-8H2,1-2H3;2*1H/t10-;;/m0../s1. The Hall–Kier alpha value is -1.08. The molecule has 120 valence electrons. The molecule has 1 fully saturated rings. The maximum absolute atomic E-state index is 11.1. The zero-order chi connectivity index (χ0) is 14.0. The highest BCUT2D eigenvalue weighted by Gasteiger charge is 2.28. The summed E-state index contributed by atoms with van der Waals surface area (Å²) in [7, 11) is 0. The van der Waals surface area contributed by atoms with Gasteiger partial charge in [0.1, 0.15) is 5.75 Å². The van der Waals surface area contributed by atoms with Crippen molar-refractivity contribution in [3.63, 3.8) is 0 Å². The number of aryl methyl sites for hydroxylation is 1. The van der Waals surface area contributed by atoms with Crippen molar-refractivity contribution in [2.75, 3.05) is 26.2 Å². The van der Waals surface area contributed by atoms with Crippen molar-refractivity contribution in [3.8, 4) is 5.75 Å². The fraction of sp³-hybridized carbons (Fsp3) is 0.538. The van der Waals surface area contributed by atoms with Gasteiger partial charge in [-0.15, -0.1) is 24.8 Å². The van der Waals surface area contributed by atoms with Crippen molar-refractivity contribution in [2.24, 2.45) is 0 Å². The summed E-state index contributed by atoms with van der Waals surface area (Å²) >= 11 is 0. The highest BCUT2D eigenvalue weighted by Crippen LogP contribution is 2.38. The van der Waals surface area contributed by atoms with E-state index in [1.807, 2.05) is 6.92 Å². The van der Waals surface area contributed by atoms with E-state index in [9.17, 15) is 15.2 Å². The van der Waals surface area contributed by atoms with Crippen molar-refractivity contribution in [1.82, 2.24) is 10.2 Å². The molecule has 1 aromatic carbocycles. The Kier molecular flexibility index (Phi) is 7.95. The highest BCUT2D eigenvalue weighted by molar-refractivity contribution is 5.85. The third kappa shape index (κ3) is 4.20. The van der Waals surface area contributed by atoms with Crippen LogP contribution in [-0.2, 0) is 0 Å². The predicted octanol–water partition coefficient (Wildman–Crippen LogP) is 2.42. The third-order valence-corrected chi connectivity index (χ3v) is 3.71. The molecule has 1 aromatic rings. The summed E-state index contributed by atoms with van der Waals surface area (Å²) in [5.74, 6) is 0.0419. The Morgan fingerprint density at radius 2 is 1.90 bits per heavy atom. The lowest BCUT2D eigenvalue weighted by Gasteiger charge is -2.33. The Labute approximate surface area is 136 Å². The van der Waals surface area contributed by atoms with Crippen LogP contribution in [0.4, 0.5) is 5.69 Å². The molecule has 1 saturated heterocycles. The smallest absolute Gasteiger partial charge is 0.277 e. The van der Waals surface area contributed by atoms with Crippen molar-refractivity contribution in [3.05, 3.63) is 33.4 Å². The van der Waals surface area contributed by atoms with E-state index in [2.05, 4.69) is 10.2 Å². The summed E-state index contributed by atoms with van der Waals surface area (Å²) in [6.45, 7) is 7.05. The molecule has 0 radical (unpaired) electrons. The average molecular weight is 338 g/mol. The number of nitrogens with one attached hydrogen (secondary N) is 1. The molecule has 1 aliphatic heterocycles. The van der Waals surface area contributed by atoms with Crippen LogP contribution < -0.4 is 5.32 Å². The summed E-state index contributed by atoms with van der Waals surface area (Å²) in [4.78, 5) is 12.9. The molecule has 0 saturated carbocycles. The van der Waals surface area contributed by atoms with E-state index >= 15 is 0 Å². The SMILES string of the molecule is Cc1ccc([N+](=O)[O-])c([C@H](C)N2CCNCC2)c1O.Cl.Cl. The number of piperazine rings is 1. The fourth-order valence-corrected chi connectivity index (χ4v) is 2.53. The minimum Gasteiger partial charge on any atom is -0.507 e. The number of aromatic hydroxyl groups is 1. The van der Waals surface area contributed by atoms with E-state index in [0.717, 1.165) is 26.2 Å². The van der Waals surface area contributed by atoms with Crippen molar-refractivity contribution < 1.29 is 10.0 Å². The van der Waals surface area contributed by atoms with E-state index in [-0.39, 0.29) is 42.3 Å². The van der Waals surface area contributed by atoms with Crippen LogP contribution in [0.3, 0.4) is 0 Å². The van der Waals surface area contributed by atoms with E-state index in [1.54, 1.807) is 13.0 Å². The van der Waals surface area contributed by atoms with Gasteiger partial charge in [-0.1, -0.05) is 0 Å². The van der Waals surface area contributed by atoms with Crippen LogP contribution in [0.5, 0.6) is 5.75 Å². The van der Waals surface area contributed by atoms with Crippen molar-refractivity contribution in [2.45, 2.75) is 19.9 Å². The predicted molar refractivity (Wildman–Crippen MR) is 86.9 cm³/mol. The van der Waals surface area contributed by atoms with Crippen LogP contribution >= 0.6 is 24.8 Å². The van der Waals surface area contributed by atoms with E-state index in [0.29, 0.717) is 11.1 Å². The minimum atomic E-state index is -0.423. The number of phenolic OH excluding ortho intramolecular Hbond substituents is 1. The zero-order valence-corrected chi connectivity index (χ0v) is 13.7. The first-order valence-corrected chi connectivity index (χ1v) is 6.44. The molecular formula is C13H21Cl2N3O3. The molecule has 0 spiro atoms. The second-order valence-corrected chi connectivity index (χ2v) is 4.88. The summed E-state index contributed by atoms with van der Waals surface area (Å²) in [5, 5.41) is 24.6. The van der Waals surface area contributed by atoms with Gasteiger partial charge in [-0.3, -0.25) is 15.0 Å². The molecule has 1 aliphatic rings. The molecule has 1 heterocycles. The van der Waals surface area contributed by atoms with Gasteiger partial charge in [0.25, 0.3) is 5.69 Å². The number of hydrogen-bond acceptors (Lipinski definition) is 5. The van der Waals surface area contributed by atoms with Crippen LogP contribution in [0, 0.1) is 17.0 Å². The lowest BCUT2D eigenvalue weighted by Crippen LogP contribution is -2.44. The van der Waals surface area contributed by atoms with Gasteiger partial charge in [-0.25, -0.2) is 0 Å². The van der Waals surface area contributed by atoms with Gasteiger partial charge in [-0.2, -0.15) is 0 Å². The van der Waals surface area contributed by atoms with E-state index in [4.69, 9.17) is 0 Å². The monoisotopic (exact) mass is 337 g/mol. The second-order valence-electron chi connectivity index (χ2n) is 4.88. The molecule has 1 atom stereocenters. The maximum atomic E-state index is 11.1. The highest BCUT2D eigenvalue weighted by atomic mass is 35.5. The van der Waals surface area contributed by atoms with Crippen LogP contribution in [-0.4, -0.2) is 41.1 Å². The molecular weight excluding hydrogens is 317 g/mol. The Balaban J connectivity index is 0.00000200. The van der Waals surface area contributed by atoms with E-state index in [1.165, 1.54) is 6.07 Å². The Bertz CT molecular complexity index is 494. The van der Waals surface area contributed by atoms with Gasteiger partial charge >= 0.3 is 0 Å². The molecule has 0 aliphatic carbocycles. The molecule has 0 unspecified atom stereocenters. The topological polar surface area (TPSA) is 78.6 Å². The van der Waals surface area contributed by atoms with Crippen LogP contribution in [0.1, 0.15) is 24.1 Å². The number of hydrogen-bond donors (Lipinski definition) is 2. The summed E-state index contributed by atoms with van der Waals surface area (Å²) < 4.78 is 0. The summed E-state index contributed by atoms with van der Waals surface area (Å²) in [5.41, 5.74) is 1.09. The lowest BCUT2D eigenvalue weighted by molar-refractivity contribution is -0.386. The van der Waals surface area contributed by atoms with Crippen LogP contribution in [0.15, 0.2) is 12.1 Å². The summed E-state index contributed by atoms with van der Waals surface area (Å²) in [6.07, 6.45) is 0. The molecule has 21 heavy (non-hydrogen) atoms. The normalized spacial score (nSPS) is 16.5. The number of halogens is 2. The molecule has 0 bridgehead atoms. The van der Waals surface area contributed by atoms with Gasteiger partial charge < -0.3 is 10.4 Å². The molecule has 2 rings (SSSR count). The average Bonchev–Trinajstić information content (AvgIpc) is 2.41. The number of phenols is 1. The van der Waals surface area contributed by atoms with Crippen LogP contribution in [0.25, 0.3) is 0 Å². The number of nitro benzene ring substituents is 1. The van der Waals surface area contributed by atoms with Gasteiger partial charge in [0.05, 0.1) is 10.5 Å². The zero-order valence-electron chi connectivity index (χ0n) is 12.0. The number of nitro groups is 1. The Morgan fingerprint density at radius 1 is 1.33 bits per heavy atom. The quantitative estimate of drug-likeness (QED) is 0.654. The molecule has 8 heteroatoms. The summed E-state index contributed by atoms with van der Waals surface area (Å²) in [6, 6.07) is 2.90. The Morgan fingerprint density at radius 3 is 2.43 bits per heavy atom.